The molecule has 0 amide bonds. The van der Waals surface area contributed by atoms with E-state index in [2.05, 4.69) is 0 Å². The summed E-state index contributed by atoms with van der Waals surface area (Å²) in [7, 11) is 0. The average molecular weight is 202 g/mol. The van der Waals surface area contributed by atoms with Crippen LogP contribution in [-0.4, -0.2) is 15.0 Å². The van der Waals surface area contributed by atoms with Gasteiger partial charge in [-0.25, -0.2) is 0 Å². The highest BCUT2D eigenvalue weighted by Crippen LogP contribution is 2.36. The van der Waals surface area contributed by atoms with Gasteiger partial charge in [0.2, 0.25) is 5.82 Å². The van der Waals surface area contributed by atoms with Crippen molar-refractivity contribution >= 4 is 11.4 Å². The van der Waals surface area contributed by atoms with Gasteiger partial charge in [-0.05, 0) is 6.07 Å². The third kappa shape index (κ3) is 1.44. The minimum Gasteiger partial charge on any atom is -0.497 e. The Morgan fingerprint density at radius 3 is 2.21 bits per heavy atom. The van der Waals surface area contributed by atoms with Crippen LogP contribution in [0.25, 0.3) is 0 Å². The summed E-state index contributed by atoms with van der Waals surface area (Å²) < 4.78 is 12.7. The lowest BCUT2D eigenvalue weighted by molar-refractivity contribution is -0.397. The van der Waals surface area contributed by atoms with E-state index in [4.69, 9.17) is 5.11 Å². The number of benzene rings is 1. The van der Waals surface area contributed by atoms with E-state index in [0.29, 0.717) is 12.1 Å². The third-order valence-electron chi connectivity index (χ3n) is 1.46. The van der Waals surface area contributed by atoms with E-state index in [0.717, 1.165) is 0 Å². The second-order valence-electron chi connectivity index (χ2n) is 2.28. The maximum absolute atomic E-state index is 12.7. The molecule has 7 nitrogen and oxygen atoms in total. The predicted molar refractivity (Wildman–Crippen MR) is 41.4 cm³/mol. The lowest BCUT2D eigenvalue weighted by Gasteiger charge is -1.97. The van der Waals surface area contributed by atoms with Crippen LogP contribution in [0, 0.1) is 26.0 Å². The fraction of sp³-hybridized carbons (Fsp3) is 0. The first-order chi connectivity index (χ1) is 6.45. The first-order valence-corrected chi connectivity index (χ1v) is 3.25. The topological polar surface area (TPSA) is 107 Å². The van der Waals surface area contributed by atoms with Gasteiger partial charge >= 0.3 is 11.4 Å². The van der Waals surface area contributed by atoms with Crippen LogP contribution in [0.1, 0.15) is 0 Å². The number of nitro groups is 2. The van der Waals surface area contributed by atoms with Crippen molar-refractivity contribution in [3.63, 3.8) is 0 Å². The Kier molecular flexibility index (Phi) is 2.28. The third-order valence-corrected chi connectivity index (χ3v) is 1.46. The predicted octanol–water partition coefficient (Wildman–Crippen LogP) is 1.35. The number of hydrogen-bond donors (Lipinski definition) is 1. The SMILES string of the molecule is O=[N+]([O-])c1ccc(F)c([N+](=O)[O-])c1O. The number of phenols is 1. The van der Waals surface area contributed by atoms with Crippen LogP contribution in [0.4, 0.5) is 15.8 Å². The lowest BCUT2D eigenvalue weighted by atomic mass is 10.2. The van der Waals surface area contributed by atoms with Gasteiger partial charge in [-0.2, -0.15) is 4.39 Å². The van der Waals surface area contributed by atoms with Crippen LogP contribution in [0.5, 0.6) is 5.75 Å². The van der Waals surface area contributed by atoms with Crippen molar-refractivity contribution in [2.24, 2.45) is 0 Å². The number of halogens is 1. The lowest BCUT2D eigenvalue weighted by Crippen LogP contribution is -1.96. The van der Waals surface area contributed by atoms with E-state index in [1.54, 1.807) is 0 Å². The van der Waals surface area contributed by atoms with Gasteiger partial charge < -0.3 is 5.11 Å². The molecule has 1 rings (SSSR count). The van der Waals surface area contributed by atoms with E-state index >= 15 is 0 Å². The Morgan fingerprint density at radius 2 is 1.79 bits per heavy atom. The molecule has 0 aromatic heterocycles. The quantitative estimate of drug-likeness (QED) is 0.575. The Balaban J connectivity index is 3.49. The van der Waals surface area contributed by atoms with E-state index in [9.17, 15) is 24.6 Å². The second-order valence-corrected chi connectivity index (χ2v) is 2.28. The zero-order valence-corrected chi connectivity index (χ0v) is 6.51. The van der Waals surface area contributed by atoms with Gasteiger partial charge in [0.05, 0.1) is 9.85 Å². The number of aromatic hydroxyl groups is 1. The molecule has 0 heterocycles. The Bertz CT molecular complexity index is 419. The van der Waals surface area contributed by atoms with Crippen LogP contribution < -0.4 is 0 Å². The molecule has 1 aromatic carbocycles. The molecule has 74 valence electrons. The molecule has 14 heavy (non-hydrogen) atoms. The highest BCUT2D eigenvalue weighted by molar-refractivity contribution is 5.59. The fourth-order valence-corrected chi connectivity index (χ4v) is 0.865. The molecule has 0 aliphatic heterocycles. The molecule has 1 N–H and O–H groups in total. The fourth-order valence-electron chi connectivity index (χ4n) is 0.865. The standard InChI is InChI=1S/C6H3FN2O5/c7-3-1-2-4(8(11)12)6(10)5(3)9(13)14/h1-2,10H. The summed E-state index contributed by atoms with van der Waals surface area (Å²) in [5.74, 6) is -2.60. The molecule has 0 aliphatic carbocycles. The van der Waals surface area contributed by atoms with Gasteiger partial charge in [0.15, 0.2) is 0 Å². The first kappa shape index (κ1) is 9.84. The smallest absolute Gasteiger partial charge is 0.353 e. The van der Waals surface area contributed by atoms with Gasteiger partial charge in [-0.3, -0.25) is 20.2 Å². The summed E-state index contributed by atoms with van der Waals surface area (Å²) in [5.41, 5.74) is -2.20. The monoisotopic (exact) mass is 202 g/mol. The largest absolute Gasteiger partial charge is 0.497 e. The normalized spacial score (nSPS) is 9.79. The number of nitro benzene ring substituents is 2. The molecule has 0 aliphatic rings. The molecule has 0 saturated carbocycles. The van der Waals surface area contributed by atoms with E-state index < -0.39 is 32.8 Å². The zero-order chi connectivity index (χ0) is 10.9. The molecular formula is C6H3FN2O5. The van der Waals surface area contributed by atoms with Gasteiger partial charge in [0.25, 0.3) is 5.75 Å². The Morgan fingerprint density at radius 1 is 1.21 bits per heavy atom. The van der Waals surface area contributed by atoms with Crippen LogP contribution in [0.2, 0.25) is 0 Å². The summed E-state index contributed by atoms with van der Waals surface area (Å²) in [4.78, 5) is 18.1. The van der Waals surface area contributed by atoms with Crippen molar-refractivity contribution in [3.05, 3.63) is 38.2 Å². The van der Waals surface area contributed by atoms with Crippen molar-refractivity contribution < 1.29 is 19.3 Å². The maximum Gasteiger partial charge on any atom is 0.353 e. The van der Waals surface area contributed by atoms with Crippen LogP contribution in [0.15, 0.2) is 12.1 Å². The van der Waals surface area contributed by atoms with Crippen LogP contribution in [0.3, 0.4) is 0 Å². The number of nitrogens with zero attached hydrogens (tertiary/aromatic N) is 2. The van der Waals surface area contributed by atoms with E-state index in [1.807, 2.05) is 0 Å². The molecule has 0 unspecified atom stereocenters. The van der Waals surface area contributed by atoms with Gasteiger partial charge in [-0.15, -0.1) is 0 Å². The van der Waals surface area contributed by atoms with Crippen LogP contribution in [-0.2, 0) is 0 Å². The highest BCUT2D eigenvalue weighted by Gasteiger charge is 2.28. The molecule has 0 fully saturated rings. The van der Waals surface area contributed by atoms with Gasteiger partial charge in [0.1, 0.15) is 0 Å². The molecule has 0 spiro atoms. The van der Waals surface area contributed by atoms with E-state index in [1.165, 1.54) is 0 Å². The second kappa shape index (κ2) is 3.24. The van der Waals surface area contributed by atoms with Crippen molar-refractivity contribution in [2.45, 2.75) is 0 Å². The van der Waals surface area contributed by atoms with Crippen molar-refractivity contribution in [3.8, 4) is 5.75 Å². The molecule has 0 bridgehead atoms. The van der Waals surface area contributed by atoms with Crippen LogP contribution >= 0.6 is 0 Å². The van der Waals surface area contributed by atoms with Crippen molar-refractivity contribution in [1.29, 1.82) is 0 Å². The minimum absolute atomic E-state index is 0.552. The molecule has 1 aromatic rings. The van der Waals surface area contributed by atoms with Crippen molar-refractivity contribution in [2.75, 3.05) is 0 Å². The summed E-state index contributed by atoms with van der Waals surface area (Å²) in [5, 5.41) is 29.4. The molecule has 0 atom stereocenters. The molecule has 8 heteroatoms. The molecular weight excluding hydrogens is 199 g/mol. The highest BCUT2D eigenvalue weighted by atomic mass is 19.1. The number of hydrogen-bond acceptors (Lipinski definition) is 5. The van der Waals surface area contributed by atoms with Gasteiger partial charge in [-0.1, -0.05) is 0 Å². The molecule has 0 radical (unpaired) electrons. The maximum atomic E-state index is 12.7. The van der Waals surface area contributed by atoms with Crippen molar-refractivity contribution in [1.82, 2.24) is 0 Å². The zero-order valence-electron chi connectivity index (χ0n) is 6.51. The van der Waals surface area contributed by atoms with Gasteiger partial charge in [0, 0.05) is 6.07 Å². The van der Waals surface area contributed by atoms with E-state index in [-0.39, 0.29) is 0 Å². The average Bonchev–Trinajstić information content (AvgIpc) is 2.02. The molecule has 0 saturated heterocycles. The number of rotatable bonds is 2. The summed E-state index contributed by atoms with van der Waals surface area (Å²) in [6.45, 7) is 0. The Hall–Kier alpha value is -2.25. The first-order valence-electron chi connectivity index (χ1n) is 3.25. The summed E-state index contributed by atoms with van der Waals surface area (Å²) >= 11 is 0. The Labute approximate surface area is 75.7 Å². The number of phenolic OH excluding ortho intramolecular Hbond substituents is 1. The summed E-state index contributed by atoms with van der Waals surface area (Å²) in [6.07, 6.45) is 0. The summed E-state index contributed by atoms with van der Waals surface area (Å²) in [6, 6.07) is 1.20. The minimum atomic E-state index is -1.32.